The van der Waals surface area contributed by atoms with Crippen LogP contribution in [0.1, 0.15) is 36.8 Å². The van der Waals surface area contributed by atoms with E-state index in [9.17, 15) is 8.78 Å². The Bertz CT molecular complexity index is 295. The summed E-state index contributed by atoms with van der Waals surface area (Å²) in [7, 11) is 0. The molecule has 0 bridgehead atoms. The smallest absolute Gasteiger partial charge is 0.297 e. The van der Waals surface area contributed by atoms with Crippen LogP contribution in [0.3, 0.4) is 0 Å². The zero-order valence-electron chi connectivity index (χ0n) is 7.67. The number of piperidine rings is 1. The van der Waals surface area contributed by atoms with Gasteiger partial charge in [-0.25, -0.2) is 13.8 Å². The normalized spacial score (nSPS) is 19.1. The molecule has 1 fully saturated rings. The molecule has 3 nitrogen and oxygen atoms in total. The number of nitrogens with one attached hydrogen (secondary N) is 1. The Balaban J connectivity index is 2.07. The summed E-state index contributed by atoms with van der Waals surface area (Å²) in [5.41, 5.74) is 0. The van der Waals surface area contributed by atoms with Crippen molar-refractivity contribution in [2.45, 2.75) is 25.2 Å². The summed E-state index contributed by atoms with van der Waals surface area (Å²) in [6.07, 6.45) is 0.381. The number of oxazole rings is 1. The molecule has 0 spiro atoms. The van der Waals surface area contributed by atoms with Gasteiger partial charge in [0, 0.05) is 5.92 Å². The highest BCUT2D eigenvalue weighted by atomic mass is 19.3. The zero-order valence-corrected chi connectivity index (χ0v) is 7.67. The lowest BCUT2D eigenvalue weighted by Gasteiger charge is -2.19. The van der Waals surface area contributed by atoms with E-state index in [0.29, 0.717) is 5.89 Å². The molecule has 2 heterocycles. The van der Waals surface area contributed by atoms with E-state index in [0.717, 1.165) is 32.1 Å². The van der Waals surface area contributed by atoms with Gasteiger partial charge in [-0.05, 0) is 25.9 Å². The summed E-state index contributed by atoms with van der Waals surface area (Å²) in [6.45, 7) is 1.80. The summed E-state index contributed by atoms with van der Waals surface area (Å²) in [6, 6.07) is 0. The highest BCUT2D eigenvalue weighted by Crippen LogP contribution is 2.27. The summed E-state index contributed by atoms with van der Waals surface area (Å²) in [4.78, 5) is 3.89. The predicted molar refractivity (Wildman–Crippen MR) is 46.3 cm³/mol. The molecular formula is C9H12F2N2O. The Morgan fingerprint density at radius 3 is 2.71 bits per heavy atom. The largest absolute Gasteiger partial charge is 0.439 e. The Hall–Kier alpha value is -0.970. The van der Waals surface area contributed by atoms with Crippen LogP contribution >= 0.6 is 0 Å². The van der Waals surface area contributed by atoms with E-state index in [1.807, 2.05) is 0 Å². The molecule has 78 valence electrons. The van der Waals surface area contributed by atoms with E-state index in [4.69, 9.17) is 4.42 Å². The number of nitrogens with zero attached hydrogens (tertiary/aromatic N) is 1. The minimum absolute atomic E-state index is 0.198. The molecule has 0 aromatic carbocycles. The van der Waals surface area contributed by atoms with Crippen LogP contribution in [-0.4, -0.2) is 18.1 Å². The minimum atomic E-state index is -2.56. The van der Waals surface area contributed by atoms with Crippen molar-refractivity contribution in [2.75, 3.05) is 13.1 Å². The van der Waals surface area contributed by atoms with Crippen molar-refractivity contribution in [1.29, 1.82) is 0 Å². The molecule has 1 saturated heterocycles. The van der Waals surface area contributed by atoms with Gasteiger partial charge in [-0.3, -0.25) is 0 Å². The molecule has 0 unspecified atom stereocenters. The standard InChI is InChI=1S/C9H12F2N2O/c10-8(11)7-5-13-9(14-7)6-1-3-12-4-2-6/h5-6,8,12H,1-4H2. The van der Waals surface area contributed by atoms with E-state index in [1.165, 1.54) is 0 Å². The lowest BCUT2D eigenvalue weighted by atomic mass is 9.98. The zero-order chi connectivity index (χ0) is 9.97. The molecule has 0 saturated carbocycles. The van der Waals surface area contributed by atoms with Gasteiger partial charge in [0.25, 0.3) is 6.43 Å². The molecule has 1 aliphatic heterocycles. The first-order valence-corrected chi connectivity index (χ1v) is 4.72. The van der Waals surface area contributed by atoms with Crippen molar-refractivity contribution >= 4 is 0 Å². The average Bonchev–Trinajstić information content (AvgIpc) is 2.68. The molecule has 5 heteroatoms. The highest BCUT2D eigenvalue weighted by molar-refractivity contribution is 5.01. The van der Waals surface area contributed by atoms with Gasteiger partial charge < -0.3 is 9.73 Å². The van der Waals surface area contributed by atoms with Gasteiger partial charge in [0.15, 0.2) is 11.7 Å². The van der Waals surface area contributed by atoms with Crippen LogP contribution in [0.4, 0.5) is 8.78 Å². The van der Waals surface area contributed by atoms with Crippen molar-refractivity contribution in [3.63, 3.8) is 0 Å². The molecule has 1 aromatic rings. The Morgan fingerprint density at radius 2 is 2.14 bits per heavy atom. The first kappa shape index (κ1) is 9.58. The molecule has 1 N–H and O–H groups in total. The maximum absolute atomic E-state index is 12.2. The molecule has 2 rings (SSSR count). The molecule has 0 aliphatic carbocycles. The average molecular weight is 202 g/mol. The van der Waals surface area contributed by atoms with E-state index < -0.39 is 6.43 Å². The number of rotatable bonds is 2. The Kier molecular flexibility index (Phi) is 2.77. The third-order valence-corrected chi connectivity index (χ3v) is 2.44. The highest BCUT2D eigenvalue weighted by Gasteiger charge is 2.22. The van der Waals surface area contributed by atoms with Crippen LogP contribution in [-0.2, 0) is 0 Å². The van der Waals surface area contributed by atoms with Crippen LogP contribution < -0.4 is 5.32 Å². The Labute approximate surface area is 80.5 Å². The fourth-order valence-corrected chi connectivity index (χ4v) is 1.66. The van der Waals surface area contributed by atoms with E-state index in [1.54, 1.807) is 0 Å². The van der Waals surface area contributed by atoms with Crippen LogP contribution in [0.25, 0.3) is 0 Å². The second-order valence-electron chi connectivity index (χ2n) is 3.43. The van der Waals surface area contributed by atoms with E-state index in [-0.39, 0.29) is 11.7 Å². The SMILES string of the molecule is FC(F)c1cnc(C2CCNCC2)o1. The van der Waals surface area contributed by atoms with Gasteiger partial charge >= 0.3 is 0 Å². The fourth-order valence-electron chi connectivity index (χ4n) is 1.66. The van der Waals surface area contributed by atoms with Gasteiger partial charge in [-0.15, -0.1) is 0 Å². The van der Waals surface area contributed by atoms with Crippen LogP contribution in [0.5, 0.6) is 0 Å². The third-order valence-electron chi connectivity index (χ3n) is 2.44. The Morgan fingerprint density at radius 1 is 1.43 bits per heavy atom. The monoisotopic (exact) mass is 202 g/mol. The lowest BCUT2D eigenvalue weighted by molar-refractivity contribution is 0.118. The van der Waals surface area contributed by atoms with Crippen LogP contribution in [0.15, 0.2) is 10.6 Å². The van der Waals surface area contributed by atoms with Gasteiger partial charge in [-0.2, -0.15) is 0 Å². The summed E-state index contributed by atoms with van der Waals surface area (Å²) >= 11 is 0. The quantitative estimate of drug-likeness (QED) is 0.797. The lowest BCUT2D eigenvalue weighted by Crippen LogP contribution is -2.26. The summed E-state index contributed by atoms with van der Waals surface area (Å²) < 4.78 is 29.4. The number of hydrogen-bond donors (Lipinski definition) is 1. The minimum Gasteiger partial charge on any atom is -0.439 e. The fraction of sp³-hybridized carbons (Fsp3) is 0.667. The van der Waals surface area contributed by atoms with Crippen molar-refractivity contribution in [3.8, 4) is 0 Å². The molecular weight excluding hydrogens is 190 g/mol. The molecule has 0 radical (unpaired) electrons. The summed E-state index contributed by atoms with van der Waals surface area (Å²) in [5, 5.41) is 3.20. The molecule has 1 aromatic heterocycles. The van der Waals surface area contributed by atoms with Crippen molar-refractivity contribution < 1.29 is 13.2 Å². The topological polar surface area (TPSA) is 38.1 Å². The van der Waals surface area contributed by atoms with E-state index in [2.05, 4.69) is 10.3 Å². The predicted octanol–water partition coefficient (Wildman–Crippen LogP) is 2.08. The molecule has 0 amide bonds. The van der Waals surface area contributed by atoms with Crippen LogP contribution in [0, 0.1) is 0 Å². The number of alkyl halides is 2. The van der Waals surface area contributed by atoms with Crippen molar-refractivity contribution in [1.82, 2.24) is 10.3 Å². The third kappa shape index (κ3) is 1.92. The number of hydrogen-bond acceptors (Lipinski definition) is 3. The molecule has 14 heavy (non-hydrogen) atoms. The molecule has 1 aliphatic rings. The summed E-state index contributed by atoms with van der Waals surface area (Å²) in [5.74, 6) is 0.337. The first-order valence-electron chi connectivity index (χ1n) is 4.72. The maximum atomic E-state index is 12.2. The van der Waals surface area contributed by atoms with Gasteiger partial charge in [0.05, 0.1) is 6.20 Å². The van der Waals surface area contributed by atoms with Crippen molar-refractivity contribution in [2.24, 2.45) is 0 Å². The number of aromatic nitrogens is 1. The maximum Gasteiger partial charge on any atom is 0.297 e. The molecule has 0 atom stereocenters. The van der Waals surface area contributed by atoms with Gasteiger partial charge in [0.2, 0.25) is 0 Å². The van der Waals surface area contributed by atoms with E-state index >= 15 is 0 Å². The second kappa shape index (κ2) is 4.04. The van der Waals surface area contributed by atoms with Crippen molar-refractivity contribution in [3.05, 3.63) is 17.8 Å². The van der Waals surface area contributed by atoms with Gasteiger partial charge in [0.1, 0.15) is 0 Å². The van der Waals surface area contributed by atoms with Crippen LogP contribution in [0.2, 0.25) is 0 Å². The second-order valence-corrected chi connectivity index (χ2v) is 3.43. The van der Waals surface area contributed by atoms with Gasteiger partial charge in [-0.1, -0.05) is 0 Å². The number of halogens is 2. The first-order chi connectivity index (χ1) is 6.77.